The van der Waals surface area contributed by atoms with Gasteiger partial charge < -0.3 is 24.6 Å². The average Bonchev–Trinajstić information content (AvgIpc) is 2.37. The zero-order valence-corrected chi connectivity index (χ0v) is 11.1. The third-order valence-electron chi connectivity index (χ3n) is 2.15. The second-order valence-electron chi connectivity index (χ2n) is 3.79. The van der Waals surface area contributed by atoms with Gasteiger partial charge in [-0.1, -0.05) is 0 Å². The average molecular weight is 265 g/mol. The first-order valence-corrected chi connectivity index (χ1v) is 5.51. The molecule has 0 aromatic carbocycles. The molecule has 4 N–H and O–H groups in total. The van der Waals surface area contributed by atoms with Crippen LogP contribution in [0, 0.1) is 0 Å². The van der Waals surface area contributed by atoms with Crippen molar-refractivity contribution >= 4 is 6.09 Å². The van der Waals surface area contributed by atoms with E-state index >= 15 is 0 Å². The second-order valence-corrected chi connectivity index (χ2v) is 3.79. The van der Waals surface area contributed by atoms with Gasteiger partial charge in [0.25, 0.3) is 0 Å². The normalized spacial score (nSPS) is 11.3. The molecule has 108 valence electrons. The van der Waals surface area contributed by atoms with Crippen LogP contribution in [0.1, 0.15) is 0 Å². The van der Waals surface area contributed by atoms with Crippen molar-refractivity contribution in [1.29, 1.82) is 0 Å². The minimum Gasteiger partial charge on any atom is -0.453 e. The van der Waals surface area contributed by atoms with Gasteiger partial charge >= 0.3 is 6.09 Å². The van der Waals surface area contributed by atoms with Crippen LogP contribution < -0.4 is 16.0 Å². The molecule has 8 heteroatoms. The number of aliphatic hydroxyl groups is 1. The quantitative estimate of drug-likeness (QED) is 0.280. The molecular formula is C10H23N3O5. The highest BCUT2D eigenvalue weighted by molar-refractivity contribution is 5.66. The van der Waals surface area contributed by atoms with Crippen LogP contribution in [0.5, 0.6) is 0 Å². The summed E-state index contributed by atoms with van der Waals surface area (Å²) in [7, 11) is 4.35. The lowest BCUT2D eigenvalue weighted by molar-refractivity contribution is 0.0223. The third-order valence-corrected chi connectivity index (χ3v) is 2.15. The molecule has 0 saturated carbocycles. The summed E-state index contributed by atoms with van der Waals surface area (Å²) in [6.07, 6.45) is -0.591. The summed E-state index contributed by atoms with van der Waals surface area (Å²) in [5.41, 5.74) is -1.16. The van der Waals surface area contributed by atoms with Crippen LogP contribution in [0.4, 0.5) is 4.79 Å². The SMILES string of the molecule is COCNCC(O)(CNCOC)CNC(=O)OC. The van der Waals surface area contributed by atoms with Crippen molar-refractivity contribution in [3.63, 3.8) is 0 Å². The van der Waals surface area contributed by atoms with Crippen LogP contribution in [0.2, 0.25) is 0 Å². The van der Waals surface area contributed by atoms with E-state index < -0.39 is 11.7 Å². The summed E-state index contributed by atoms with van der Waals surface area (Å²) >= 11 is 0. The molecule has 8 nitrogen and oxygen atoms in total. The number of hydrogen-bond donors (Lipinski definition) is 4. The number of nitrogens with one attached hydrogen (secondary N) is 3. The zero-order valence-electron chi connectivity index (χ0n) is 11.1. The first kappa shape index (κ1) is 17.1. The molecule has 0 fully saturated rings. The standard InChI is InChI=1S/C10H23N3O5/c1-16-7-11-4-10(15,5-12-8-17-2)6-13-9(14)18-3/h11-12,15H,4-8H2,1-3H3,(H,13,14). The number of ether oxygens (including phenoxy) is 3. The maximum atomic E-state index is 11.0. The van der Waals surface area contributed by atoms with E-state index in [1.807, 2.05) is 0 Å². The summed E-state index contributed by atoms with van der Waals surface area (Å²) < 4.78 is 14.1. The summed E-state index contributed by atoms with van der Waals surface area (Å²) in [6.45, 7) is 1.17. The Bertz CT molecular complexity index is 218. The van der Waals surface area contributed by atoms with E-state index in [1.165, 1.54) is 7.11 Å². The molecule has 0 spiro atoms. The first-order chi connectivity index (χ1) is 8.58. The number of alkyl carbamates (subject to hydrolysis) is 1. The molecule has 0 saturated heterocycles. The Morgan fingerprint density at radius 1 is 1.06 bits per heavy atom. The maximum absolute atomic E-state index is 11.0. The lowest BCUT2D eigenvalue weighted by Gasteiger charge is -2.28. The van der Waals surface area contributed by atoms with Crippen molar-refractivity contribution in [3.05, 3.63) is 0 Å². The first-order valence-electron chi connectivity index (χ1n) is 5.51. The van der Waals surface area contributed by atoms with Gasteiger partial charge in [0.15, 0.2) is 0 Å². The Kier molecular flexibility index (Phi) is 9.52. The minimum absolute atomic E-state index is 0.0487. The molecule has 0 radical (unpaired) electrons. The van der Waals surface area contributed by atoms with Gasteiger partial charge in [-0.2, -0.15) is 0 Å². The largest absolute Gasteiger partial charge is 0.453 e. The van der Waals surface area contributed by atoms with Crippen molar-refractivity contribution in [1.82, 2.24) is 16.0 Å². The number of hydrogen-bond acceptors (Lipinski definition) is 7. The van der Waals surface area contributed by atoms with Crippen molar-refractivity contribution in [3.8, 4) is 0 Å². The van der Waals surface area contributed by atoms with Gasteiger partial charge in [0, 0.05) is 27.3 Å². The fraction of sp³-hybridized carbons (Fsp3) is 0.900. The van der Waals surface area contributed by atoms with Crippen LogP contribution in [0.3, 0.4) is 0 Å². The van der Waals surface area contributed by atoms with Crippen molar-refractivity contribution in [2.45, 2.75) is 5.60 Å². The van der Waals surface area contributed by atoms with Gasteiger partial charge in [-0.15, -0.1) is 0 Å². The third kappa shape index (κ3) is 8.20. The Balaban J connectivity index is 4.15. The molecule has 0 aromatic rings. The summed E-state index contributed by atoms with van der Waals surface area (Å²) in [4.78, 5) is 11.0. The highest BCUT2D eigenvalue weighted by atomic mass is 16.5. The molecule has 0 atom stereocenters. The second kappa shape index (κ2) is 10.0. The van der Waals surface area contributed by atoms with Gasteiger partial charge in [0.1, 0.15) is 5.60 Å². The predicted molar refractivity (Wildman–Crippen MR) is 65.1 cm³/mol. The number of carbonyl (C=O) groups excluding carboxylic acids is 1. The monoisotopic (exact) mass is 265 g/mol. The Morgan fingerprint density at radius 3 is 1.94 bits per heavy atom. The fourth-order valence-electron chi connectivity index (χ4n) is 1.27. The zero-order chi connectivity index (χ0) is 13.9. The molecule has 0 aliphatic carbocycles. The number of methoxy groups -OCH3 is 3. The Morgan fingerprint density at radius 2 is 1.56 bits per heavy atom. The molecule has 0 aromatic heterocycles. The summed E-state index contributed by atoms with van der Waals surface area (Å²) in [5, 5.41) is 18.6. The summed E-state index contributed by atoms with van der Waals surface area (Å²) in [6, 6.07) is 0. The lowest BCUT2D eigenvalue weighted by Crippen LogP contribution is -2.55. The highest BCUT2D eigenvalue weighted by Crippen LogP contribution is 2.00. The summed E-state index contributed by atoms with van der Waals surface area (Å²) in [5.74, 6) is 0. The molecule has 18 heavy (non-hydrogen) atoms. The van der Waals surface area contributed by atoms with Crippen molar-refractivity contribution in [2.24, 2.45) is 0 Å². The molecule has 0 aliphatic heterocycles. The van der Waals surface area contributed by atoms with Crippen molar-refractivity contribution < 1.29 is 24.1 Å². The Hall–Kier alpha value is -0.930. The predicted octanol–water partition coefficient (Wildman–Crippen LogP) is -1.54. The number of rotatable bonds is 10. The number of carbonyl (C=O) groups is 1. The Labute approximate surface area is 107 Å². The maximum Gasteiger partial charge on any atom is 0.406 e. The van der Waals surface area contributed by atoms with Gasteiger partial charge in [0.05, 0.1) is 27.1 Å². The van der Waals surface area contributed by atoms with E-state index in [-0.39, 0.29) is 19.6 Å². The van der Waals surface area contributed by atoms with Crippen LogP contribution >= 0.6 is 0 Å². The van der Waals surface area contributed by atoms with Gasteiger partial charge in [0.2, 0.25) is 0 Å². The van der Waals surface area contributed by atoms with Crippen molar-refractivity contribution in [2.75, 3.05) is 54.4 Å². The lowest BCUT2D eigenvalue weighted by atomic mass is 10.0. The highest BCUT2D eigenvalue weighted by Gasteiger charge is 2.27. The van der Waals surface area contributed by atoms with Crippen LogP contribution in [-0.4, -0.2) is 71.2 Å². The van der Waals surface area contributed by atoms with Crippen LogP contribution in [0.25, 0.3) is 0 Å². The topological polar surface area (TPSA) is 101 Å². The minimum atomic E-state index is -1.16. The molecule has 0 aliphatic rings. The molecule has 1 amide bonds. The van der Waals surface area contributed by atoms with Gasteiger partial charge in [-0.25, -0.2) is 4.79 Å². The van der Waals surface area contributed by atoms with Crippen LogP contribution in [-0.2, 0) is 14.2 Å². The van der Waals surface area contributed by atoms with E-state index in [1.54, 1.807) is 14.2 Å². The van der Waals surface area contributed by atoms with Crippen LogP contribution in [0.15, 0.2) is 0 Å². The molecular weight excluding hydrogens is 242 g/mol. The number of amides is 1. The van der Waals surface area contributed by atoms with E-state index in [0.29, 0.717) is 13.5 Å². The smallest absolute Gasteiger partial charge is 0.406 e. The molecule has 0 unspecified atom stereocenters. The van der Waals surface area contributed by atoms with Gasteiger partial charge in [-0.05, 0) is 0 Å². The molecule has 0 bridgehead atoms. The molecule has 0 rings (SSSR count). The fourth-order valence-corrected chi connectivity index (χ4v) is 1.27. The van der Waals surface area contributed by atoms with E-state index in [2.05, 4.69) is 20.7 Å². The molecule has 0 heterocycles. The van der Waals surface area contributed by atoms with E-state index in [9.17, 15) is 9.90 Å². The van der Waals surface area contributed by atoms with Gasteiger partial charge in [-0.3, -0.25) is 10.6 Å². The van der Waals surface area contributed by atoms with E-state index in [0.717, 1.165) is 0 Å². The van der Waals surface area contributed by atoms with E-state index in [4.69, 9.17) is 9.47 Å².